The average molecular weight is 695 g/mol. The van der Waals surface area contributed by atoms with Gasteiger partial charge in [0.15, 0.2) is 0 Å². The van der Waals surface area contributed by atoms with E-state index in [1.807, 2.05) is 70.2 Å². The lowest BCUT2D eigenvalue weighted by Crippen LogP contribution is -2.20. The van der Waals surface area contributed by atoms with Crippen molar-refractivity contribution in [1.82, 2.24) is 0 Å². The molecule has 4 atom stereocenters. The highest BCUT2D eigenvalue weighted by Crippen LogP contribution is 2.22. The van der Waals surface area contributed by atoms with Crippen molar-refractivity contribution in [3.8, 4) is 5.75 Å². The van der Waals surface area contributed by atoms with Crippen molar-refractivity contribution in [2.24, 2.45) is 17.8 Å². The number of hydrogen-bond acceptors (Lipinski definition) is 7. The van der Waals surface area contributed by atoms with Crippen LogP contribution in [0.1, 0.15) is 129 Å². The highest BCUT2D eigenvalue weighted by Gasteiger charge is 2.32. The molecule has 1 aliphatic carbocycles. The van der Waals surface area contributed by atoms with Gasteiger partial charge >= 0.3 is 23.9 Å². The second-order valence-corrected chi connectivity index (χ2v) is 13.4. The number of aryl methyl sites for hydroxylation is 2. The Morgan fingerprint density at radius 2 is 1.58 bits per heavy atom. The van der Waals surface area contributed by atoms with Crippen molar-refractivity contribution in [3.05, 3.63) is 77.4 Å². The largest absolute Gasteiger partial charge is 0.481 e. The van der Waals surface area contributed by atoms with Gasteiger partial charge in [-0.2, -0.15) is 0 Å². The summed E-state index contributed by atoms with van der Waals surface area (Å²) < 4.78 is 9.80. The third kappa shape index (κ3) is 20.0. The van der Waals surface area contributed by atoms with Crippen LogP contribution in [-0.2, 0) is 23.9 Å². The fraction of sp³-hybridized carbons (Fsp3) is 0.571. The molecular formula is C42H62O8. The molecule has 0 aromatic heterocycles. The third-order valence-electron chi connectivity index (χ3n) is 8.52. The number of rotatable bonds is 18. The summed E-state index contributed by atoms with van der Waals surface area (Å²) in [7, 11) is 0. The van der Waals surface area contributed by atoms with Gasteiger partial charge in [-0.1, -0.05) is 125 Å². The molecule has 1 aromatic rings. The molecule has 0 spiro atoms. The molecule has 2 N–H and O–H groups in total. The van der Waals surface area contributed by atoms with Crippen molar-refractivity contribution in [2.75, 3.05) is 0 Å². The van der Waals surface area contributed by atoms with Crippen LogP contribution in [0.25, 0.3) is 0 Å². The predicted molar refractivity (Wildman–Crippen MR) is 200 cm³/mol. The van der Waals surface area contributed by atoms with Gasteiger partial charge in [0.2, 0.25) is 0 Å². The van der Waals surface area contributed by atoms with E-state index >= 15 is 0 Å². The van der Waals surface area contributed by atoms with Crippen molar-refractivity contribution >= 4 is 23.9 Å². The number of carboxylic acid groups (broad SMARTS) is 1. The molecule has 4 unspecified atom stereocenters. The molecule has 1 heterocycles. The maximum Gasteiger partial charge on any atom is 0.317 e. The van der Waals surface area contributed by atoms with E-state index in [4.69, 9.17) is 9.84 Å². The first-order valence-corrected chi connectivity index (χ1v) is 18.5. The van der Waals surface area contributed by atoms with Crippen molar-refractivity contribution in [3.63, 3.8) is 0 Å². The van der Waals surface area contributed by atoms with Crippen LogP contribution in [0.15, 0.2) is 66.3 Å². The van der Waals surface area contributed by atoms with Gasteiger partial charge in [0.1, 0.15) is 5.75 Å². The molecule has 8 nitrogen and oxygen atoms in total. The van der Waals surface area contributed by atoms with Gasteiger partial charge < -0.3 is 19.7 Å². The molecule has 1 fully saturated rings. The van der Waals surface area contributed by atoms with Gasteiger partial charge in [0.25, 0.3) is 0 Å². The molecule has 278 valence electrons. The highest BCUT2D eigenvalue weighted by atomic mass is 16.6. The van der Waals surface area contributed by atoms with Crippen LogP contribution < -0.4 is 4.74 Å². The Hall–Kier alpha value is -3.78. The molecule has 2 aliphatic rings. The zero-order valence-electron chi connectivity index (χ0n) is 31.3. The summed E-state index contributed by atoms with van der Waals surface area (Å²) in [5.74, 6) is -2.42. The number of unbranched alkanes of at least 4 members (excludes halogenated alkanes) is 8. The second kappa shape index (κ2) is 26.1. The number of hydrogen-bond donors (Lipinski definition) is 2. The van der Waals surface area contributed by atoms with E-state index in [0.29, 0.717) is 18.6 Å². The number of aliphatic carboxylic acids is 1. The van der Waals surface area contributed by atoms with E-state index < -0.39 is 17.9 Å². The Morgan fingerprint density at radius 3 is 2.10 bits per heavy atom. The maximum absolute atomic E-state index is 12.1. The highest BCUT2D eigenvalue weighted by molar-refractivity contribution is 5.94. The topological polar surface area (TPSA) is 127 Å². The average Bonchev–Trinajstić information content (AvgIpc) is 3.39. The standard InChI is InChI=1S/C21H30O4.C13H20O3.C8H12O/c1-4-5-6-7-8-9-10-11-18(21(23)24)15-20(22)25-19-13-12-16(2)14-17(19)3;1-2-3-4-5-6-7-8-9-11-10-12(14)16-13(11)15;1-6-3-4-8(9)7(2)5-6/h9-10,12-14,18H,4-8,11,15H2,1-3H3,(H,23,24);7-8,11H,2-6,9-10H2,1H3;3-5,7-9H,1-2H3/b10-9+;8-7+;. The van der Waals surface area contributed by atoms with Gasteiger partial charge in [-0.15, -0.1) is 0 Å². The molecule has 1 aromatic carbocycles. The SMILES string of the molecule is CC1=CC(C)C(O)C=C1.CCCCCC/C=C/CC(CC(=O)Oc1ccc(C)cc1C)C(=O)O.CCCCCC/C=C/CC1CC(=O)OC1=O. The molecule has 0 bridgehead atoms. The molecule has 8 heteroatoms. The van der Waals surface area contributed by atoms with E-state index in [9.17, 15) is 24.3 Å². The molecule has 1 saturated heterocycles. The first-order chi connectivity index (χ1) is 23.9. The van der Waals surface area contributed by atoms with Gasteiger partial charge in [0.05, 0.1) is 30.8 Å². The van der Waals surface area contributed by atoms with Gasteiger partial charge in [-0.3, -0.25) is 19.2 Å². The number of allylic oxidation sites excluding steroid dienone is 6. The summed E-state index contributed by atoms with van der Waals surface area (Å²) in [6.45, 7) is 12.2. The lowest BCUT2D eigenvalue weighted by molar-refractivity contribution is -0.153. The number of benzene rings is 1. The summed E-state index contributed by atoms with van der Waals surface area (Å²) >= 11 is 0. The Balaban J connectivity index is 0.000000423. The maximum atomic E-state index is 12.1. The van der Waals surface area contributed by atoms with Crippen LogP contribution in [0.5, 0.6) is 5.75 Å². The zero-order chi connectivity index (χ0) is 37.3. The minimum Gasteiger partial charge on any atom is -0.481 e. The molecule has 1 aliphatic heterocycles. The van der Waals surface area contributed by atoms with Crippen molar-refractivity contribution < 1.29 is 38.9 Å². The van der Waals surface area contributed by atoms with Crippen LogP contribution in [0.3, 0.4) is 0 Å². The van der Waals surface area contributed by atoms with Crippen molar-refractivity contribution in [1.29, 1.82) is 0 Å². The van der Waals surface area contributed by atoms with Crippen LogP contribution in [-0.4, -0.2) is 40.2 Å². The van der Waals surface area contributed by atoms with E-state index in [2.05, 4.69) is 30.7 Å². The minimum absolute atomic E-state index is 0.122. The Labute approximate surface area is 300 Å². The number of carbonyl (C=O) groups is 4. The molecule has 3 rings (SSSR count). The van der Waals surface area contributed by atoms with E-state index in [0.717, 1.165) is 30.4 Å². The van der Waals surface area contributed by atoms with Gasteiger partial charge in [-0.25, -0.2) is 0 Å². The lowest BCUT2D eigenvalue weighted by atomic mass is 9.96. The summed E-state index contributed by atoms with van der Waals surface area (Å²) in [6.07, 6.45) is 26.5. The Bertz CT molecular complexity index is 1300. The van der Waals surface area contributed by atoms with Crippen LogP contribution in [0.4, 0.5) is 0 Å². The monoisotopic (exact) mass is 694 g/mol. The van der Waals surface area contributed by atoms with Crippen molar-refractivity contribution in [2.45, 2.75) is 138 Å². The second-order valence-electron chi connectivity index (χ2n) is 13.4. The van der Waals surface area contributed by atoms with E-state index in [-0.39, 0.29) is 42.7 Å². The third-order valence-corrected chi connectivity index (χ3v) is 8.52. The number of ether oxygens (including phenoxy) is 2. The van der Waals surface area contributed by atoms with Gasteiger partial charge in [0, 0.05) is 5.92 Å². The quantitative estimate of drug-likeness (QED) is 0.0511. The van der Waals surface area contributed by atoms with Crippen LogP contribution in [0, 0.1) is 31.6 Å². The zero-order valence-corrected chi connectivity index (χ0v) is 31.3. The number of esters is 3. The lowest BCUT2D eigenvalue weighted by Gasteiger charge is -2.15. The number of carboxylic acids is 1. The summed E-state index contributed by atoms with van der Waals surface area (Å²) in [5.41, 5.74) is 3.20. The molecular weight excluding hydrogens is 632 g/mol. The van der Waals surface area contributed by atoms with Crippen LogP contribution >= 0.6 is 0 Å². The summed E-state index contributed by atoms with van der Waals surface area (Å²) in [5, 5.41) is 18.5. The normalized spacial score (nSPS) is 18.9. The summed E-state index contributed by atoms with van der Waals surface area (Å²) in [6, 6.07) is 5.54. The molecule has 0 saturated carbocycles. The molecule has 50 heavy (non-hydrogen) atoms. The Kier molecular flexibility index (Phi) is 23.1. The number of cyclic esters (lactones) is 2. The fourth-order valence-electron chi connectivity index (χ4n) is 5.38. The number of carbonyl (C=O) groups excluding carboxylic acids is 3. The predicted octanol–water partition coefficient (Wildman–Crippen LogP) is 9.71. The smallest absolute Gasteiger partial charge is 0.317 e. The molecule has 0 radical (unpaired) electrons. The van der Waals surface area contributed by atoms with E-state index in [1.165, 1.54) is 50.5 Å². The van der Waals surface area contributed by atoms with E-state index in [1.54, 1.807) is 6.07 Å². The minimum atomic E-state index is -0.965. The number of aliphatic hydroxyl groups is 1. The number of aliphatic hydroxyl groups excluding tert-OH is 1. The fourth-order valence-corrected chi connectivity index (χ4v) is 5.38. The first-order valence-electron chi connectivity index (χ1n) is 18.5. The summed E-state index contributed by atoms with van der Waals surface area (Å²) in [4.78, 5) is 45.3. The van der Waals surface area contributed by atoms with Gasteiger partial charge in [-0.05, 0) is 70.9 Å². The first kappa shape index (κ1) is 44.2. The molecule has 0 amide bonds. The van der Waals surface area contributed by atoms with Crippen LogP contribution in [0.2, 0.25) is 0 Å². The Morgan fingerprint density at radius 1 is 0.940 bits per heavy atom.